The third-order valence-electron chi connectivity index (χ3n) is 3.73. The van der Waals surface area contributed by atoms with Crippen LogP contribution in [-0.2, 0) is 15.6 Å². The van der Waals surface area contributed by atoms with Crippen molar-refractivity contribution in [3.05, 3.63) is 66.6 Å². The molecule has 7 heteroatoms. The number of imidazole rings is 1. The lowest BCUT2D eigenvalue weighted by molar-refractivity contribution is 0.588. The first-order valence-corrected chi connectivity index (χ1v) is 9.03. The molecule has 120 valence electrons. The van der Waals surface area contributed by atoms with E-state index in [1.54, 1.807) is 24.4 Å². The molecule has 3 heterocycles. The molecule has 6 nitrogen and oxygen atoms in total. The first-order chi connectivity index (χ1) is 11.6. The number of rotatable bonds is 4. The van der Waals surface area contributed by atoms with Gasteiger partial charge in [-0.15, -0.1) is 0 Å². The van der Waals surface area contributed by atoms with Gasteiger partial charge in [-0.25, -0.2) is 13.4 Å². The Balaban J connectivity index is 1.61. The molecule has 3 aromatic heterocycles. The first-order valence-electron chi connectivity index (χ1n) is 7.38. The average molecular weight is 338 g/mol. The van der Waals surface area contributed by atoms with Crippen LogP contribution >= 0.6 is 0 Å². The van der Waals surface area contributed by atoms with Gasteiger partial charge in [0.25, 0.3) is 0 Å². The summed E-state index contributed by atoms with van der Waals surface area (Å²) in [5.41, 5.74) is 3.65. The molecule has 0 atom stereocenters. The molecule has 1 aromatic carbocycles. The monoisotopic (exact) mass is 338 g/mol. The van der Waals surface area contributed by atoms with Gasteiger partial charge < -0.3 is 9.97 Å². The molecular weight excluding hydrogens is 324 g/mol. The standard InChI is InChI=1S/C17H14N4O2S/c22-24(23,17-20-15-4-1-2-5-16(15)21-17)11-13-8-7-12(10-19-13)14-6-3-9-18-14/h1-10,18H,11H2,(H,20,21). The Bertz CT molecular complexity index is 1050. The zero-order valence-corrected chi connectivity index (χ0v) is 13.4. The van der Waals surface area contributed by atoms with Crippen LogP contribution in [0.15, 0.2) is 66.1 Å². The van der Waals surface area contributed by atoms with Crippen LogP contribution in [-0.4, -0.2) is 28.4 Å². The van der Waals surface area contributed by atoms with Crippen molar-refractivity contribution in [3.63, 3.8) is 0 Å². The molecule has 0 amide bonds. The SMILES string of the molecule is O=S(=O)(Cc1ccc(-c2ccc[nH]2)cn1)c1nc2ccccc2[nH]1. The highest BCUT2D eigenvalue weighted by molar-refractivity contribution is 7.90. The summed E-state index contributed by atoms with van der Waals surface area (Å²) >= 11 is 0. The molecule has 0 spiro atoms. The van der Waals surface area contributed by atoms with E-state index in [4.69, 9.17) is 0 Å². The van der Waals surface area contributed by atoms with E-state index >= 15 is 0 Å². The molecular formula is C17H14N4O2S. The Labute approximate surface area is 138 Å². The third kappa shape index (κ3) is 2.69. The van der Waals surface area contributed by atoms with Crippen molar-refractivity contribution in [2.75, 3.05) is 0 Å². The van der Waals surface area contributed by atoms with Gasteiger partial charge in [-0.2, -0.15) is 0 Å². The van der Waals surface area contributed by atoms with Gasteiger partial charge in [0.05, 0.1) is 16.7 Å². The van der Waals surface area contributed by atoms with Crippen LogP contribution in [0.2, 0.25) is 0 Å². The van der Waals surface area contributed by atoms with Gasteiger partial charge >= 0.3 is 0 Å². The predicted molar refractivity (Wildman–Crippen MR) is 91.0 cm³/mol. The third-order valence-corrected chi connectivity index (χ3v) is 5.19. The van der Waals surface area contributed by atoms with Gasteiger partial charge in [0, 0.05) is 23.7 Å². The molecule has 0 aliphatic carbocycles. The molecule has 0 saturated carbocycles. The summed E-state index contributed by atoms with van der Waals surface area (Å²) in [6, 6.07) is 14.6. The molecule has 4 aromatic rings. The topological polar surface area (TPSA) is 91.5 Å². The van der Waals surface area contributed by atoms with E-state index in [2.05, 4.69) is 19.9 Å². The summed E-state index contributed by atoms with van der Waals surface area (Å²) < 4.78 is 25.1. The lowest BCUT2D eigenvalue weighted by Gasteiger charge is -2.03. The van der Waals surface area contributed by atoms with Crippen molar-refractivity contribution in [1.29, 1.82) is 0 Å². The number of sulfone groups is 1. The molecule has 0 bridgehead atoms. The van der Waals surface area contributed by atoms with Crippen molar-refractivity contribution in [2.45, 2.75) is 10.9 Å². The van der Waals surface area contributed by atoms with Crippen molar-refractivity contribution in [3.8, 4) is 11.3 Å². The van der Waals surface area contributed by atoms with E-state index in [0.717, 1.165) is 11.3 Å². The van der Waals surface area contributed by atoms with E-state index in [9.17, 15) is 8.42 Å². The van der Waals surface area contributed by atoms with Crippen LogP contribution < -0.4 is 0 Å². The van der Waals surface area contributed by atoms with Crippen LogP contribution in [0.3, 0.4) is 0 Å². The quantitative estimate of drug-likeness (QED) is 0.598. The highest BCUT2D eigenvalue weighted by Gasteiger charge is 2.20. The summed E-state index contributed by atoms with van der Waals surface area (Å²) in [6.07, 6.45) is 3.49. The highest BCUT2D eigenvalue weighted by Crippen LogP contribution is 2.19. The second kappa shape index (κ2) is 5.61. The number of pyridine rings is 1. The van der Waals surface area contributed by atoms with Crippen LogP contribution in [0.4, 0.5) is 0 Å². The molecule has 0 fully saturated rings. The first kappa shape index (κ1) is 14.6. The molecule has 24 heavy (non-hydrogen) atoms. The van der Waals surface area contributed by atoms with Crippen LogP contribution in [0, 0.1) is 0 Å². The number of hydrogen-bond acceptors (Lipinski definition) is 4. The zero-order chi connectivity index (χ0) is 16.6. The number of H-pyrrole nitrogens is 2. The highest BCUT2D eigenvalue weighted by atomic mass is 32.2. The van der Waals surface area contributed by atoms with E-state index in [0.29, 0.717) is 16.7 Å². The van der Waals surface area contributed by atoms with Gasteiger partial charge in [0.15, 0.2) is 0 Å². The summed E-state index contributed by atoms with van der Waals surface area (Å²) in [7, 11) is -3.58. The number of nitrogens with zero attached hydrogens (tertiary/aromatic N) is 2. The molecule has 0 unspecified atom stereocenters. The fourth-order valence-corrected chi connectivity index (χ4v) is 3.72. The fraction of sp³-hybridized carbons (Fsp3) is 0.0588. The van der Waals surface area contributed by atoms with Crippen LogP contribution in [0.25, 0.3) is 22.3 Å². The number of aromatic amines is 2. The zero-order valence-electron chi connectivity index (χ0n) is 12.6. The minimum atomic E-state index is -3.58. The Morgan fingerprint density at radius 1 is 1.00 bits per heavy atom. The summed E-state index contributed by atoms with van der Waals surface area (Å²) in [5, 5.41) is -0.0288. The maximum Gasteiger partial charge on any atom is 0.226 e. The molecule has 0 radical (unpaired) electrons. The Hall–Kier alpha value is -2.93. The maximum atomic E-state index is 12.5. The van der Waals surface area contributed by atoms with Crippen molar-refractivity contribution < 1.29 is 8.42 Å². The van der Waals surface area contributed by atoms with Gasteiger partial charge in [-0.1, -0.05) is 12.1 Å². The van der Waals surface area contributed by atoms with Gasteiger partial charge in [-0.3, -0.25) is 4.98 Å². The van der Waals surface area contributed by atoms with Crippen molar-refractivity contribution in [1.82, 2.24) is 19.9 Å². The fourth-order valence-electron chi connectivity index (χ4n) is 2.52. The van der Waals surface area contributed by atoms with Crippen LogP contribution in [0.1, 0.15) is 5.69 Å². The molecule has 0 aliphatic heterocycles. The Kier molecular flexibility index (Phi) is 3.42. The predicted octanol–water partition coefficient (Wildman–Crippen LogP) is 2.93. The second-order valence-electron chi connectivity index (χ2n) is 5.44. The number of nitrogens with one attached hydrogen (secondary N) is 2. The molecule has 4 rings (SSSR count). The molecule has 2 N–H and O–H groups in total. The van der Waals surface area contributed by atoms with Gasteiger partial charge in [0.1, 0.15) is 5.75 Å². The van der Waals surface area contributed by atoms with E-state index in [1.807, 2.05) is 36.5 Å². The van der Waals surface area contributed by atoms with Crippen molar-refractivity contribution >= 4 is 20.9 Å². The summed E-state index contributed by atoms with van der Waals surface area (Å²) in [4.78, 5) is 14.4. The smallest absolute Gasteiger partial charge is 0.226 e. The maximum absolute atomic E-state index is 12.5. The normalized spacial score (nSPS) is 11.8. The Morgan fingerprint density at radius 3 is 2.58 bits per heavy atom. The number of benzene rings is 1. The molecule has 0 aliphatic rings. The van der Waals surface area contributed by atoms with E-state index in [1.165, 1.54) is 0 Å². The van der Waals surface area contributed by atoms with E-state index in [-0.39, 0.29) is 10.9 Å². The number of hydrogen-bond donors (Lipinski definition) is 2. The number of aromatic nitrogens is 4. The van der Waals surface area contributed by atoms with Gasteiger partial charge in [-0.05, 0) is 36.4 Å². The lowest BCUT2D eigenvalue weighted by atomic mass is 10.2. The minimum Gasteiger partial charge on any atom is -0.361 e. The largest absolute Gasteiger partial charge is 0.361 e. The van der Waals surface area contributed by atoms with Gasteiger partial charge in [0.2, 0.25) is 15.0 Å². The lowest BCUT2D eigenvalue weighted by Crippen LogP contribution is -2.08. The second-order valence-corrected chi connectivity index (χ2v) is 7.35. The van der Waals surface area contributed by atoms with Crippen LogP contribution in [0.5, 0.6) is 0 Å². The summed E-state index contributed by atoms with van der Waals surface area (Å²) in [6.45, 7) is 0. The molecule has 0 saturated heterocycles. The summed E-state index contributed by atoms with van der Waals surface area (Å²) in [5.74, 6) is -0.197. The number of fused-ring (bicyclic) bond motifs is 1. The van der Waals surface area contributed by atoms with E-state index < -0.39 is 9.84 Å². The number of para-hydroxylation sites is 2. The van der Waals surface area contributed by atoms with Crippen molar-refractivity contribution in [2.24, 2.45) is 0 Å². The minimum absolute atomic E-state index is 0.0288. The average Bonchev–Trinajstić information content (AvgIpc) is 3.25. The Morgan fingerprint density at radius 2 is 1.88 bits per heavy atom.